The van der Waals surface area contributed by atoms with Crippen LogP contribution < -0.4 is 5.32 Å². The van der Waals surface area contributed by atoms with Crippen molar-refractivity contribution >= 4 is 23.2 Å². The number of nitrogens with one attached hydrogen (secondary N) is 1. The number of carboxylic acid groups (broad SMARTS) is 1. The van der Waals surface area contributed by atoms with Gasteiger partial charge >= 0.3 is 5.97 Å². The maximum absolute atomic E-state index is 11.7. The summed E-state index contributed by atoms with van der Waals surface area (Å²) in [5.74, 6) is -0.809. The van der Waals surface area contributed by atoms with Gasteiger partial charge in [0, 0.05) is 23.9 Å². The second kappa shape index (κ2) is 6.93. The average Bonchev–Trinajstić information content (AvgIpc) is 3.05. The van der Waals surface area contributed by atoms with Gasteiger partial charge in [-0.3, -0.25) is 9.59 Å². The Bertz CT molecular complexity index is 610. The zero-order valence-corrected chi connectivity index (χ0v) is 12.2. The molecule has 0 aliphatic rings. The predicted molar refractivity (Wildman–Crippen MR) is 75.6 cm³/mol. The van der Waals surface area contributed by atoms with Gasteiger partial charge in [0.15, 0.2) is 0 Å². The number of hydrogen-bond donors (Lipinski definition) is 2. The van der Waals surface area contributed by atoms with Gasteiger partial charge in [0.1, 0.15) is 6.54 Å². The lowest BCUT2D eigenvalue weighted by Gasteiger charge is -2.09. The summed E-state index contributed by atoms with van der Waals surface area (Å²) < 4.78 is 0. The molecule has 0 spiro atoms. The molecule has 1 unspecified atom stereocenters. The summed E-state index contributed by atoms with van der Waals surface area (Å²) in [5.41, 5.74) is 0.863. The van der Waals surface area contributed by atoms with Crippen LogP contribution in [0.3, 0.4) is 0 Å². The molecule has 0 bridgehead atoms. The van der Waals surface area contributed by atoms with Crippen molar-refractivity contribution in [1.29, 1.82) is 0 Å². The zero-order valence-electron chi connectivity index (χ0n) is 11.4. The first-order valence-corrected chi connectivity index (χ1v) is 7.27. The van der Waals surface area contributed by atoms with Crippen LogP contribution in [0.1, 0.15) is 13.3 Å². The molecule has 112 valence electrons. The molecular formula is C12H15N5O3S. The molecule has 0 fully saturated rings. The molecule has 1 atom stereocenters. The SMILES string of the molecule is CC(CNC(=O)Cn1nnc(-c2ccsc2)n1)CC(=O)O. The number of carboxylic acids is 1. The van der Waals surface area contributed by atoms with E-state index in [2.05, 4.69) is 20.7 Å². The Morgan fingerprint density at radius 1 is 1.52 bits per heavy atom. The van der Waals surface area contributed by atoms with Gasteiger partial charge in [-0.2, -0.15) is 16.1 Å². The van der Waals surface area contributed by atoms with Crippen LogP contribution in [0.5, 0.6) is 0 Å². The summed E-state index contributed by atoms with van der Waals surface area (Å²) in [5, 5.41) is 26.9. The highest BCUT2D eigenvalue weighted by molar-refractivity contribution is 7.08. The van der Waals surface area contributed by atoms with Crippen LogP contribution in [0.4, 0.5) is 0 Å². The van der Waals surface area contributed by atoms with Crippen LogP contribution in [-0.2, 0) is 16.1 Å². The largest absolute Gasteiger partial charge is 0.481 e. The Labute approximate surface area is 124 Å². The number of aliphatic carboxylic acids is 1. The van der Waals surface area contributed by atoms with Crippen molar-refractivity contribution in [3.05, 3.63) is 16.8 Å². The third-order valence-electron chi connectivity index (χ3n) is 2.69. The monoisotopic (exact) mass is 309 g/mol. The van der Waals surface area contributed by atoms with Gasteiger partial charge in [-0.15, -0.1) is 10.2 Å². The van der Waals surface area contributed by atoms with E-state index in [1.165, 1.54) is 16.1 Å². The minimum atomic E-state index is -0.880. The summed E-state index contributed by atoms with van der Waals surface area (Å²) in [6, 6.07) is 1.87. The van der Waals surface area contributed by atoms with Gasteiger partial charge in [-0.05, 0) is 22.6 Å². The van der Waals surface area contributed by atoms with Crippen molar-refractivity contribution in [2.45, 2.75) is 19.9 Å². The number of carbonyl (C=O) groups excluding carboxylic acids is 1. The van der Waals surface area contributed by atoms with Crippen LogP contribution in [0.25, 0.3) is 11.4 Å². The maximum Gasteiger partial charge on any atom is 0.303 e. The standard InChI is InChI=1S/C12H15N5O3S/c1-8(4-11(19)20)5-13-10(18)6-17-15-12(14-16-17)9-2-3-21-7-9/h2-3,7-8H,4-6H2,1H3,(H,13,18)(H,19,20). The van der Waals surface area contributed by atoms with Crippen LogP contribution >= 0.6 is 11.3 Å². The summed E-state index contributed by atoms with van der Waals surface area (Å²) >= 11 is 1.53. The molecule has 2 heterocycles. The predicted octanol–water partition coefficient (Wildman–Crippen LogP) is 0.629. The van der Waals surface area contributed by atoms with E-state index in [0.717, 1.165) is 5.56 Å². The molecule has 0 aliphatic carbocycles. The molecule has 0 aliphatic heterocycles. The number of carbonyl (C=O) groups is 2. The van der Waals surface area contributed by atoms with Gasteiger partial charge in [0.05, 0.1) is 0 Å². The fraction of sp³-hybridized carbons (Fsp3) is 0.417. The van der Waals surface area contributed by atoms with Crippen LogP contribution in [-0.4, -0.2) is 43.7 Å². The number of amides is 1. The molecule has 0 saturated heterocycles. The number of aromatic nitrogens is 4. The first kappa shape index (κ1) is 15.1. The Morgan fingerprint density at radius 3 is 3.00 bits per heavy atom. The Hall–Kier alpha value is -2.29. The van der Waals surface area contributed by atoms with Crippen LogP contribution in [0.2, 0.25) is 0 Å². The molecule has 8 nitrogen and oxygen atoms in total. The molecule has 0 radical (unpaired) electrons. The third-order valence-corrected chi connectivity index (χ3v) is 3.37. The summed E-state index contributed by atoms with van der Waals surface area (Å²) in [4.78, 5) is 23.4. The minimum Gasteiger partial charge on any atom is -0.481 e. The van der Waals surface area contributed by atoms with Crippen molar-refractivity contribution in [2.24, 2.45) is 5.92 Å². The van der Waals surface area contributed by atoms with E-state index in [1.807, 2.05) is 16.8 Å². The van der Waals surface area contributed by atoms with E-state index >= 15 is 0 Å². The van der Waals surface area contributed by atoms with E-state index in [9.17, 15) is 9.59 Å². The van der Waals surface area contributed by atoms with Crippen molar-refractivity contribution in [1.82, 2.24) is 25.5 Å². The topological polar surface area (TPSA) is 110 Å². The van der Waals surface area contributed by atoms with Gasteiger partial charge in [0.25, 0.3) is 0 Å². The number of tetrazole rings is 1. The van der Waals surface area contributed by atoms with Gasteiger partial charge in [0.2, 0.25) is 11.7 Å². The number of hydrogen-bond acceptors (Lipinski definition) is 6. The van der Waals surface area contributed by atoms with E-state index in [4.69, 9.17) is 5.11 Å². The molecule has 2 N–H and O–H groups in total. The third kappa shape index (κ3) is 4.63. The molecular weight excluding hydrogens is 294 g/mol. The maximum atomic E-state index is 11.7. The lowest BCUT2D eigenvalue weighted by molar-refractivity contribution is -0.138. The molecule has 21 heavy (non-hydrogen) atoms. The smallest absolute Gasteiger partial charge is 0.303 e. The highest BCUT2D eigenvalue weighted by Crippen LogP contribution is 2.16. The van der Waals surface area contributed by atoms with E-state index in [-0.39, 0.29) is 24.8 Å². The summed E-state index contributed by atoms with van der Waals surface area (Å²) in [7, 11) is 0. The molecule has 2 aromatic heterocycles. The van der Waals surface area contributed by atoms with E-state index in [1.54, 1.807) is 6.92 Å². The van der Waals surface area contributed by atoms with E-state index in [0.29, 0.717) is 12.4 Å². The van der Waals surface area contributed by atoms with Crippen molar-refractivity contribution in [3.8, 4) is 11.4 Å². The Morgan fingerprint density at radius 2 is 2.33 bits per heavy atom. The molecule has 2 aromatic rings. The minimum absolute atomic E-state index is 0.0180. The van der Waals surface area contributed by atoms with Crippen molar-refractivity contribution in [3.63, 3.8) is 0 Å². The van der Waals surface area contributed by atoms with Crippen molar-refractivity contribution < 1.29 is 14.7 Å². The summed E-state index contributed by atoms with van der Waals surface area (Å²) in [6.45, 7) is 2.02. The fourth-order valence-corrected chi connectivity index (χ4v) is 2.29. The molecule has 0 saturated carbocycles. The second-order valence-electron chi connectivity index (χ2n) is 4.66. The lowest BCUT2D eigenvalue weighted by Crippen LogP contribution is -2.32. The van der Waals surface area contributed by atoms with Crippen LogP contribution in [0.15, 0.2) is 16.8 Å². The zero-order chi connectivity index (χ0) is 15.2. The molecule has 9 heteroatoms. The van der Waals surface area contributed by atoms with Crippen LogP contribution in [0, 0.1) is 5.92 Å². The summed E-state index contributed by atoms with van der Waals surface area (Å²) in [6.07, 6.45) is 0.0180. The normalized spacial score (nSPS) is 12.0. The first-order valence-electron chi connectivity index (χ1n) is 6.33. The number of rotatable bonds is 7. The fourth-order valence-electron chi connectivity index (χ4n) is 1.66. The molecule has 2 rings (SSSR count). The van der Waals surface area contributed by atoms with Gasteiger partial charge in [-0.25, -0.2) is 0 Å². The van der Waals surface area contributed by atoms with E-state index < -0.39 is 5.97 Å². The van der Waals surface area contributed by atoms with Gasteiger partial charge < -0.3 is 10.4 Å². The first-order chi connectivity index (χ1) is 10.0. The van der Waals surface area contributed by atoms with Gasteiger partial charge in [-0.1, -0.05) is 6.92 Å². The highest BCUT2D eigenvalue weighted by atomic mass is 32.1. The molecule has 0 aromatic carbocycles. The highest BCUT2D eigenvalue weighted by Gasteiger charge is 2.12. The second-order valence-corrected chi connectivity index (χ2v) is 5.44. The quantitative estimate of drug-likeness (QED) is 0.776. The average molecular weight is 309 g/mol. The van der Waals surface area contributed by atoms with Crippen molar-refractivity contribution in [2.75, 3.05) is 6.54 Å². The molecule has 1 amide bonds. The lowest BCUT2D eigenvalue weighted by atomic mass is 10.1. The number of nitrogens with zero attached hydrogens (tertiary/aromatic N) is 4. The Kier molecular flexibility index (Phi) is 4.99. The Balaban J connectivity index is 1.82. The number of thiophene rings is 1.